The van der Waals surface area contributed by atoms with Crippen molar-refractivity contribution in [3.63, 3.8) is 0 Å². The van der Waals surface area contributed by atoms with Crippen molar-refractivity contribution in [2.75, 3.05) is 4.90 Å². The fraction of sp³-hybridized carbons (Fsp3) is 0.400. The van der Waals surface area contributed by atoms with Crippen LogP contribution < -0.4 is 4.90 Å². The molecule has 4 rings (SSSR count). The number of carbonyl (C=O) groups is 4. The summed E-state index contributed by atoms with van der Waals surface area (Å²) in [7, 11) is 0. The minimum atomic E-state index is -1.53. The number of benzene rings is 1. The van der Waals surface area contributed by atoms with Crippen molar-refractivity contribution < 1.29 is 33.4 Å². The SMILES string of the molecule is CC(=O)OC(OC(C)=O)[C@@]12C=C[C@@H](O1)[C@H]1C(=O)N(c3ccccc3C)C(=O)[C@H]12. The van der Waals surface area contributed by atoms with E-state index in [0.29, 0.717) is 5.69 Å². The van der Waals surface area contributed by atoms with Crippen molar-refractivity contribution in [2.45, 2.75) is 38.8 Å². The summed E-state index contributed by atoms with van der Waals surface area (Å²) in [5.74, 6) is -3.98. The van der Waals surface area contributed by atoms with E-state index in [0.717, 1.165) is 24.3 Å². The van der Waals surface area contributed by atoms with Gasteiger partial charge in [0.05, 0.1) is 23.6 Å². The molecule has 1 aromatic carbocycles. The highest BCUT2D eigenvalue weighted by Gasteiger charge is 2.72. The summed E-state index contributed by atoms with van der Waals surface area (Å²) in [5, 5.41) is 0. The van der Waals surface area contributed by atoms with E-state index in [4.69, 9.17) is 14.2 Å². The molecule has 0 saturated carbocycles. The van der Waals surface area contributed by atoms with E-state index >= 15 is 0 Å². The lowest BCUT2D eigenvalue weighted by atomic mass is 9.76. The molecule has 28 heavy (non-hydrogen) atoms. The number of esters is 2. The summed E-state index contributed by atoms with van der Waals surface area (Å²) in [6.45, 7) is 4.14. The van der Waals surface area contributed by atoms with Crippen LogP contribution in [0.25, 0.3) is 0 Å². The lowest BCUT2D eigenvalue weighted by Crippen LogP contribution is -2.52. The summed E-state index contributed by atoms with van der Waals surface area (Å²) < 4.78 is 16.3. The molecule has 2 bridgehead atoms. The molecule has 2 saturated heterocycles. The second kappa shape index (κ2) is 6.27. The fourth-order valence-corrected chi connectivity index (χ4v) is 4.27. The van der Waals surface area contributed by atoms with Crippen molar-refractivity contribution in [1.82, 2.24) is 0 Å². The molecule has 0 N–H and O–H groups in total. The molecule has 0 spiro atoms. The molecule has 0 aromatic heterocycles. The highest BCUT2D eigenvalue weighted by Crippen LogP contribution is 2.54. The van der Waals surface area contributed by atoms with E-state index < -0.39 is 47.7 Å². The van der Waals surface area contributed by atoms with Crippen molar-refractivity contribution in [2.24, 2.45) is 11.8 Å². The molecule has 3 aliphatic heterocycles. The second-order valence-electron chi connectivity index (χ2n) is 7.15. The Balaban J connectivity index is 1.77. The first-order chi connectivity index (χ1) is 13.3. The van der Waals surface area contributed by atoms with Crippen LogP contribution in [0.5, 0.6) is 0 Å². The van der Waals surface area contributed by atoms with Crippen molar-refractivity contribution in [3.05, 3.63) is 42.0 Å². The van der Waals surface area contributed by atoms with E-state index in [1.807, 2.05) is 19.1 Å². The summed E-state index contributed by atoms with van der Waals surface area (Å²) in [4.78, 5) is 50.8. The number of ether oxygens (including phenoxy) is 3. The Hall–Kier alpha value is -3.00. The van der Waals surface area contributed by atoms with Gasteiger partial charge >= 0.3 is 11.9 Å². The number of nitrogens with zero attached hydrogens (tertiary/aromatic N) is 1. The Bertz CT molecular complexity index is 907. The van der Waals surface area contributed by atoms with Crippen LogP contribution in [0.3, 0.4) is 0 Å². The highest BCUT2D eigenvalue weighted by molar-refractivity contribution is 6.23. The first kappa shape index (κ1) is 18.4. The lowest BCUT2D eigenvalue weighted by molar-refractivity contribution is -0.226. The number of fused-ring (bicyclic) bond motifs is 5. The molecule has 3 aliphatic rings. The minimum absolute atomic E-state index is 0.384. The van der Waals surface area contributed by atoms with Crippen LogP contribution in [0.1, 0.15) is 19.4 Å². The van der Waals surface area contributed by atoms with Crippen LogP contribution in [0.4, 0.5) is 5.69 Å². The Kier molecular flexibility index (Phi) is 4.11. The minimum Gasteiger partial charge on any atom is -0.422 e. The van der Waals surface area contributed by atoms with Gasteiger partial charge in [-0.05, 0) is 24.6 Å². The Morgan fingerprint density at radius 1 is 1.11 bits per heavy atom. The van der Waals surface area contributed by atoms with Crippen molar-refractivity contribution in [3.8, 4) is 0 Å². The van der Waals surface area contributed by atoms with E-state index in [2.05, 4.69) is 0 Å². The van der Waals surface area contributed by atoms with E-state index in [1.54, 1.807) is 24.3 Å². The number of para-hydroxylation sites is 1. The van der Waals surface area contributed by atoms with Crippen LogP contribution in [-0.4, -0.2) is 41.7 Å². The van der Waals surface area contributed by atoms with E-state index in [-0.39, 0.29) is 5.91 Å². The molecule has 8 heteroatoms. The van der Waals surface area contributed by atoms with Gasteiger partial charge in [0.2, 0.25) is 11.8 Å². The predicted octanol–water partition coefficient (Wildman–Crippen LogP) is 1.26. The third-order valence-corrected chi connectivity index (χ3v) is 5.35. The number of rotatable bonds is 4. The van der Waals surface area contributed by atoms with Gasteiger partial charge in [0.15, 0.2) is 5.60 Å². The zero-order chi connectivity index (χ0) is 20.2. The molecule has 1 aromatic rings. The number of aryl methyl sites for hydroxylation is 1. The molecule has 4 atom stereocenters. The number of imide groups is 1. The van der Waals surface area contributed by atoms with Crippen LogP contribution in [0.2, 0.25) is 0 Å². The number of hydrogen-bond acceptors (Lipinski definition) is 7. The van der Waals surface area contributed by atoms with Gasteiger partial charge in [-0.3, -0.25) is 19.2 Å². The van der Waals surface area contributed by atoms with Gasteiger partial charge in [-0.2, -0.15) is 0 Å². The van der Waals surface area contributed by atoms with Crippen LogP contribution in [0, 0.1) is 18.8 Å². The Labute approximate surface area is 161 Å². The molecule has 0 radical (unpaired) electrons. The summed E-state index contributed by atoms with van der Waals surface area (Å²) in [6, 6.07) is 7.07. The van der Waals surface area contributed by atoms with Gasteiger partial charge in [0.1, 0.15) is 0 Å². The van der Waals surface area contributed by atoms with Gasteiger partial charge in [-0.1, -0.05) is 24.3 Å². The summed E-state index contributed by atoms with van der Waals surface area (Å²) in [6.07, 6.45) is 1.08. The van der Waals surface area contributed by atoms with Crippen LogP contribution >= 0.6 is 0 Å². The largest absolute Gasteiger partial charge is 0.422 e. The highest BCUT2D eigenvalue weighted by atomic mass is 16.7. The molecule has 0 unspecified atom stereocenters. The average Bonchev–Trinajstić information content (AvgIpc) is 3.26. The molecule has 3 heterocycles. The van der Waals surface area contributed by atoms with Crippen molar-refractivity contribution >= 4 is 29.4 Å². The lowest BCUT2D eigenvalue weighted by Gasteiger charge is -2.34. The second-order valence-corrected chi connectivity index (χ2v) is 7.15. The van der Waals surface area contributed by atoms with Crippen LogP contribution in [0.15, 0.2) is 36.4 Å². The van der Waals surface area contributed by atoms with Gasteiger partial charge in [-0.15, -0.1) is 0 Å². The Morgan fingerprint density at radius 3 is 2.36 bits per heavy atom. The fourth-order valence-electron chi connectivity index (χ4n) is 4.27. The predicted molar refractivity (Wildman–Crippen MR) is 94.7 cm³/mol. The normalized spacial score (nSPS) is 30.1. The number of amides is 2. The van der Waals surface area contributed by atoms with Crippen LogP contribution in [-0.2, 0) is 33.4 Å². The first-order valence-corrected chi connectivity index (χ1v) is 8.91. The number of hydrogen-bond donors (Lipinski definition) is 0. The third-order valence-electron chi connectivity index (χ3n) is 5.35. The Morgan fingerprint density at radius 2 is 1.75 bits per heavy atom. The maximum absolute atomic E-state index is 13.3. The van der Waals surface area contributed by atoms with Gasteiger partial charge in [0, 0.05) is 13.8 Å². The van der Waals surface area contributed by atoms with Gasteiger partial charge in [-0.25, -0.2) is 4.90 Å². The molecule has 2 fully saturated rings. The zero-order valence-corrected chi connectivity index (χ0v) is 15.6. The van der Waals surface area contributed by atoms with E-state index in [1.165, 1.54) is 0 Å². The molecule has 0 aliphatic carbocycles. The molecular formula is C20H19NO7. The topological polar surface area (TPSA) is 99.2 Å². The molecule has 2 amide bonds. The average molecular weight is 385 g/mol. The van der Waals surface area contributed by atoms with Gasteiger partial charge in [0.25, 0.3) is 6.29 Å². The summed E-state index contributed by atoms with van der Waals surface area (Å²) >= 11 is 0. The monoisotopic (exact) mass is 385 g/mol. The maximum Gasteiger partial charge on any atom is 0.305 e. The standard InChI is InChI=1S/C20H19NO7/c1-10-6-4-5-7-13(10)21-17(24)15-14-8-9-20(28-14,16(15)18(21)25)19(26-11(2)22)27-12(3)23/h4-9,14-16,19H,1-3H3/t14-,15-,16+,20+/m1/s1. The smallest absolute Gasteiger partial charge is 0.305 e. The molecule has 8 nitrogen and oxygen atoms in total. The number of carbonyl (C=O) groups excluding carboxylic acids is 4. The van der Waals surface area contributed by atoms with Gasteiger partial charge < -0.3 is 14.2 Å². The molecular weight excluding hydrogens is 366 g/mol. The maximum atomic E-state index is 13.3. The quantitative estimate of drug-likeness (QED) is 0.333. The number of anilines is 1. The zero-order valence-electron chi connectivity index (χ0n) is 15.6. The first-order valence-electron chi connectivity index (χ1n) is 8.91. The van der Waals surface area contributed by atoms with E-state index in [9.17, 15) is 19.2 Å². The third kappa shape index (κ3) is 2.48. The molecule has 146 valence electrons. The van der Waals surface area contributed by atoms with Crippen molar-refractivity contribution in [1.29, 1.82) is 0 Å². The summed E-state index contributed by atoms with van der Waals surface area (Å²) in [5.41, 5.74) is -0.259.